The van der Waals surface area contributed by atoms with Crippen molar-refractivity contribution in [2.75, 3.05) is 12.3 Å². The summed E-state index contributed by atoms with van der Waals surface area (Å²) in [7, 11) is 0. The summed E-state index contributed by atoms with van der Waals surface area (Å²) >= 11 is 0. The number of rotatable bonds is 4. The lowest BCUT2D eigenvalue weighted by Crippen LogP contribution is -2.23. The van der Waals surface area contributed by atoms with Crippen LogP contribution in [0.2, 0.25) is 0 Å². The summed E-state index contributed by atoms with van der Waals surface area (Å²) in [6, 6.07) is 11.1. The third-order valence-corrected chi connectivity index (χ3v) is 4.47. The largest absolute Gasteiger partial charge is 0.398 e. The second kappa shape index (κ2) is 9.52. The molecule has 1 aromatic carbocycles. The summed E-state index contributed by atoms with van der Waals surface area (Å²) in [6.07, 6.45) is 9.76. The number of nitrogens with zero attached hydrogens (tertiary/aromatic N) is 2. The van der Waals surface area contributed by atoms with Gasteiger partial charge >= 0.3 is 0 Å². The zero-order valence-electron chi connectivity index (χ0n) is 15.3. The molecule has 1 aliphatic rings. The number of aromatic nitrogens is 1. The van der Waals surface area contributed by atoms with E-state index in [0.717, 1.165) is 42.5 Å². The van der Waals surface area contributed by atoms with Gasteiger partial charge in [0.05, 0.1) is 18.8 Å². The van der Waals surface area contributed by atoms with Crippen molar-refractivity contribution in [2.24, 2.45) is 5.10 Å². The number of hydrazone groups is 1. The molecular formula is C21H25N5O. The first-order valence-electron chi connectivity index (χ1n) is 9.25. The maximum atomic E-state index is 12.6. The monoisotopic (exact) mass is 363 g/mol. The molecule has 1 amide bonds. The molecule has 0 atom stereocenters. The molecule has 1 aliphatic heterocycles. The number of hydrogen-bond acceptors (Lipinski definition) is 5. The number of pyridine rings is 1. The van der Waals surface area contributed by atoms with E-state index >= 15 is 0 Å². The first-order chi connectivity index (χ1) is 13.2. The summed E-state index contributed by atoms with van der Waals surface area (Å²) in [5.41, 5.74) is 13.4. The summed E-state index contributed by atoms with van der Waals surface area (Å²) in [5, 5.41) is 7.07. The fourth-order valence-electron chi connectivity index (χ4n) is 3.00. The Hall–Kier alpha value is -3.15. The molecule has 4 N–H and O–H groups in total. The van der Waals surface area contributed by atoms with Crippen LogP contribution < -0.4 is 16.5 Å². The van der Waals surface area contributed by atoms with Crippen molar-refractivity contribution in [2.45, 2.75) is 32.2 Å². The van der Waals surface area contributed by atoms with Crippen molar-refractivity contribution in [1.82, 2.24) is 15.7 Å². The van der Waals surface area contributed by atoms with Crippen LogP contribution in [-0.2, 0) is 6.54 Å². The fraction of sp³-hybridized carbons (Fsp3) is 0.286. The zero-order valence-corrected chi connectivity index (χ0v) is 15.3. The predicted octanol–water partition coefficient (Wildman–Crippen LogP) is 3.13. The minimum absolute atomic E-state index is 0.134. The molecule has 6 nitrogen and oxygen atoms in total. The van der Waals surface area contributed by atoms with Gasteiger partial charge in [0, 0.05) is 29.2 Å². The topological polar surface area (TPSA) is 92.4 Å². The van der Waals surface area contributed by atoms with Gasteiger partial charge in [0.2, 0.25) is 0 Å². The first kappa shape index (κ1) is 18.6. The Labute approximate surface area is 159 Å². The Balaban J connectivity index is 1.75. The van der Waals surface area contributed by atoms with E-state index in [9.17, 15) is 4.79 Å². The van der Waals surface area contributed by atoms with Gasteiger partial charge in [-0.15, -0.1) is 0 Å². The minimum atomic E-state index is -0.134. The van der Waals surface area contributed by atoms with Crippen LogP contribution in [0.3, 0.4) is 0 Å². The Morgan fingerprint density at radius 1 is 1.22 bits per heavy atom. The van der Waals surface area contributed by atoms with Crippen molar-refractivity contribution in [1.29, 1.82) is 0 Å². The molecule has 0 spiro atoms. The van der Waals surface area contributed by atoms with Gasteiger partial charge in [-0.05, 0) is 61.6 Å². The Bertz CT molecular complexity index is 830. The minimum Gasteiger partial charge on any atom is -0.398 e. The number of carbonyl (C=O) groups is 1. The van der Waals surface area contributed by atoms with Gasteiger partial charge in [-0.2, -0.15) is 5.10 Å². The molecule has 6 heteroatoms. The number of amides is 1. The lowest BCUT2D eigenvalue weighted by molar-refractivity contribution is 0.0950. The van der Waals surface area contributed by atoms with Crippen molar-refractivity contribution in [3.63, 3.8) is 0 Å². The van der Waals surface area contributed by atoms with E-state index in [1.807, 2.05) is 30.5 Å². The van der Waals surface area contributed by atoms with Crippen LogP contribution in [0.5, 0.6) is 0 Å². The van der Waals surface area contributed by atoms with Crippen LogP contribution in [-0.4, -0.2) is 23.7 Å². The zero-order chi connectivity index (χ0) is 18.9. The lowest BCUT2D eigenvalue weighted by Gasteiger charge is -2.14. The molecule has 1 aromatic heterocycles. The van der Waals surface area contributed by atoms with Gasteiger partial charge < -0.3 is 16.5 Å². The fourth-order valence-corrected chi connectivity index (χ4v) is 3.00. The van der Waals surface area contributed by atoms with Gasteiger partial charge in [-0.1, -0.05) is 12.1 Å². The summed E-state index contributed by atoms with van der Waals surface area (Å²) in [6.45, 7) is 1.03. The van der Waals surface area contributed by atoms with Crippen LogP contribution in [0.4, 0.5) is 5.69 Å². The van der Waals surface area contributed by atoms with E-state index in [1.165, 1.54) is 0 Å². The highest BCUT2D eigenvalue weighted by molar-refractivity contribution is 5.96. The third kappa shape index (κ3) is 5.41. The normalized spacial score (nSPS) is 17.9. The van der Waals surface area contributed by atoms with Crippen LogP contribution in [0.25, 0.3) is 5.57 Å². The van der Waals surface area contributed by atoms with Crippen LogP contribution >= 0.6 is 0 Å². The standard InChI is InChI=1S/C21H25N5O/c22-20-9-8-17(21(27)24-15-18-7-3-5-11-23-18)14-19(20)16-6-2-1-4-12-25-26-13-10-16/h3,5,7-12,14,26H,1-2,4,6,13,15,22H2,(H,24,27)/b16-10+,25-12-. The first-order valence-corrected chi connectivity index (χ1v) is 9.25. The van der Waals surface area contributed by atoms with E-state index in [0.29, 0.717) is 24.3 Å². The maximum Gasteiger partial charge on any atom is 0.251 e. The predicted molar refractivity (Wildman–Crippen MR) is 109 cm³/mol. The molecule has 0 aliphatic carbocycles. The molecule has 2 heterocycles. The second-order valence-electron chi connectivity index (χ2n) is 6.45. The van der Waals surface area contributed by atoms with Crippen molar-refractivity contribution in [3.05, 3.63) is 65.5 Å². The van der Waals surface area contributed by atoms with Gasteiger partial charge in [-0.25, -0.2) is 0 Å². The van der Waals surface area contributed by atoms with Gasteiger partial charge in [0.25, 0.3) is 5.91 Å². The van der Waals surface area contributed by atoms with E-state index in [4.69, 9.17) is 5.73 Å². The maximum absolute atomic E-state index is 12.6. The van der Waals surface area contributed by atoms with Crippen molar-refractivity contribution < 1.29 is 4.79 Å². The number of nitrogens with one attached hydrogen (secondary N) is 2. The number of carbonyl (C=O) groups excluding carboxylic acids is 1. The molecule has 2 aromatic rings. The summed E-state index contributed by atoms with van der Waals surface area (Å²) in [4.78, 5) is 16.8. The molecular weight excluding hydrogens is 338 g/mol. The van der Waals surface area contributed by atoms with E-state index in [2.05, 4.69) is 26.9 Å². The Morgan fingerprint density at radius 2 is 2.15 bits per heavy atom. The number of nitrogens with two attached hydrogens (primary N) is 1. The SMILES string of the molecule is Nc1ccc(C(=O)NCc2ccccn2)cc1/C1=C/CN/N=C\CCCC1. The summed E-state index contributed by atoms with van der Waals surface area (Å²) < 4.78 is 0. The average molecular weight is 363 g/mol. The molecule has 27 heavy (non-hydrogen) atoms. The second-order valence-corrected chi connectivity index (χ2v) is 6.45. The summed E-state index contributed by atoms with van der Waals surface area (Å²) in [5.74, 6) is -0.134. The van der Waals surface area contributed by atoms with E-state index in [1.54, 1.807) is 18.3 Å². The van der Waals surface area contributed by atoms with Crippen LogP contribution in [0.15, 0.2) is 53.8 Å². The molecule has 0 radical (unpaired) electrons. The molecule has 0 saturated carbocycles. The smallest absolute Gasteiger partial charge is 0.251 e. The molecule has 0 bridgehead atoms. The number of hydrogen-bond donors (Lipinski definition) is 3. The van der Waals surface area contributed by atoms with Gasteiger partial charge in [-0.3, -0.25) is 9.78 Å². The highest BCUT2D eigenvalue weighted by atomic mass is 16.1. The lowest BCUT2D eigenvalue weighted by atomic mass is 9.95. The van der Waals surface area contributed by atoms with Crippen LogP contribution in [0, 0.1) is 0 Å². The van der Waals surface area contributed by atoms with E-state index < -0.39 is 0 Å². The van der Waals surface area contributed by atoms with Gasteiger partial charge in [0.15, 0.2) is 0 Å². The van der Waals surface area contributed by atoms with Crippen molar-refractivity contribution >= 4 is 23.4 Å². The molecule has 0 unspecified atom stereocenters. The number of anilines is 1. The van der Waals surface area contributed by atoms with Crippen LogP contribution in [0.1, 0.15) is 47.3 Å². The molecule has 3 rings (SSSR count). The third-order valence-electron chi connectivity index (χ3n) is 4.47. The average Bonchev–Trinajstić information content (AvgIpc) is 2.71. The number of nitrogen functional groups attached to an aromatic ring is 1. The Morgan fingerprint density at radius 3 is 3.00 bits per heavy atom. The highest BCUT2D eigenvalue weighted by Gasteiger charge is 2.12. The molecule has 0 fully saturated rings. The Kier molecular flexibility index (Phi) is 6.57. The highest BCUT2D eigenvalue weighted by Crippen LogP contribution is 2.27. The number of benzene rings is 1. The number of allylic oxidation sites excluding steroid dienone is 1. The van der Waals surface area contributed by atoms with Crippen molar-refractivity contribution in [3.8, 4) is 0 Å². The van der Waals surface area contributed by atoms with Gasteiger partial charge in [0.1, 0.15) is 0 Å². The quantitative estimate of drug-likeness (QED) is 0.728. The molecule has 0 saturated heterocycles. The van der Waals surface area contributed by atoms with E-state index in [-0.39, 0.29) is 5.91 Å². The molecule has 140 valence electrons.